The zero-order valence-electron chi connectivity index (χ0n) is 32.9. The van der Waals surface area contributed by atoms with Crippen molar-refractivity contribution in [3.05, 3.63) is 24.3 Å². The van der Waals surface area contributed by atoms with Gasteiger partial charge in [-0.15, -0.1) is 0 Å². The Morgan fingerprint density at radius 3 is 1.24 bits per heavy atom. The van der Waals surface area contributed by atoms with Crippen molar-refractivity contribution in [2.45, 2.75) is 200 Å². The molecule has 0 aliphatic rings. The number of rotatable bonds is 36. The van der Waals surface area contributed by atoms with Crippen LogP contribution in [0.25, 0.3) is 0 Å². The minimum atomic E-state index is -4.75. The predicted octanol–water partition coefficient (Wildman–Crippen LogP) is 10.9. The maximum absolute atomic E-state index is 12.4. The molecule has 284 valence electrons. The molecule has 0 aliphatic heterocycles. The molecule has 0 aromatic rings. The molecule has 0 amide bonds. The Labute approximate surface area is 351 Å². The summed E-state index contributed by atoms with van der Waals surface area (Å²) in [6.45, 7) is 3.66. The van der Waals surface area contributed by atoms with Gasteiger partial charge in [0.1, 0.15) is 6.61 Å². The first-order valence-electron chi connectivity index (χ1n) is 19.6. The molecule has 0 aromatic carbocycles. The third-order valence-corrected chi connectivity index (χ3v) is 8.93. The fraction of sp³-hybridized carbons (Fsp3) is 0.846. The van der Waals surface area contributed by atoms with E-state index in [0.717, 1.165) is 64.2 Å². The van der Waals surface area contributed by atoms with Crippen molar-refractivity contribution in [2.75, 3.05) is 13.2 Å². The van der Waals surface area contributed by atoms with Gasteiger partial charge in [-0.2, -0.15) is 0 Å². The number of phosphoric ester groups is 1. The van der Waals surface area contributed by atoms with Crippen molar-refractivity contribution in [1.29, 1.82) is 0 Å². The van der Waals surface area contributed by atoms with Gasteiger partial charge in [-0.05, 0) is 64.2 Å². The SMILES string of the molecule is CCCCCCCC/C=C\CCCCCCCC(=O)OC[C@H](COP(=O)(O)O)OC(=O)CCCCCCC/C=C\CCCCCCCC.[Na].[Na]. The Balaban J connectivity index is -0.0000110. The zero-order chi connectivity index (χ0) is 35.4. The molecule has 50 heavy (non-hydrogen) atoms. The second kappa shape index (κ2) is 42.3. The smallest absolute Gasteiger partial charge is 0.462 e. The van der Waals surface area contributed by atoms with Gasteiger partial charge >= 0.3 is 19.8 Å². The van der Waals surface area contributed by atoms with Gasteiger partial charge in [0.05, 0.1) is 6.61 Å². The van der Waals surface area contributed by atoms with Crippen LogP contribution in [0.4, 0.5) is 0 Å². The van der Waals surface area contributed by atoms with Crippen molar-refractivity contribution in [1.82, 2.24) is 0 Å². The number of phosphoric acid groups is 1. The molecule has 2 radical (unpaired) electrons. The van der Waals surface area contributed by atoms with E-state index in [-0.39, 0.29) is 78.6 Å². The van der Waals surface area contributed by atoms with E-state index in [1.54, 1.807) is 0 Å². The summed E-state index contributed by atoms with van der Waals surface area (Å²) in [6, 6.07) is 0. The van der Waals surface area contributed by atoms with Gasteiger partial charge in [0.25, 0.3) is 0 Å². The first-order chi connectivity index (χ1) is 23.3. The van der Waals surface area contributed by atoms with Crippen molar-refractivity contribution in [2.24, 2.45) is 0 Å². The van der Waals surface area contributed by atoms with Crippen LogP contribution in [0.15, 0.2) is 24.3 Å². The molecule has 0 heterocycles. The van der Waals surface area contributed by atoms with E-state index >= 15 is 0 Å². The monoisotopic (exact) mass is 746 g/mol. The number of hydrogen-bond donors (Lipinski definition) is 2. The molecule has 0 unspecified atom stereocenters. The molecule has 0 saturated heterocycles. The summed E-state index contributed by atoms with van der Waals surface area (Å²) in [6.07, 6.45) is 38.9. The van der Waals surface area contributed by atoms with E-state index in [4.69, 9.17) is 19.3 Å². The molecular formula is C39H73Na2O8P. The Hall–Kier alpha value is 0.530. The summed E-state index contributed by atoms with van der Waals surface area (Å²) in [5.41, 5.74) is 0. The molecule has 11 heteroatoms. The third-order valence-electron chi connectivity index (χ3n) is 8.44. The molecule has 0 saturated carbocycles. The van der Waals surface area contributed by atoms with E-state index in [0.29, 0.717) is 12.8 Å². The van der Waals surface area contributed by atoms with Crippen LogP contribution < -0.4 is 0 Å². The van der Waals surface area contributed by atoms with Gasteiger partial charge in [-0.1, -0.05) is 141 Å². The van der Waals surface area contributed by atoms with Crippen LogP contribution in [0.5, 0.6) is 0 Å². The van der Waals surface area contributed by atoms with Gasteiger partial charge in [0.2, 0.25) is 0 Å². The van der Waals surface area contributed by atoms with Crippen LogP contribution in [0.1, 0.15) is 194 Å². The van der Waals surface area contributed by atoms with Crippen molar-refractivity contribution in [3.63, 3.8) is 0 Å². The molecule has 2 N–H and O–H groups in total. The van der Waals surface area contributed by atoms with Crippen molar-refractivity contribution >= 4 is 78.9 Å². The zero-order valence-corrected chi connectivity index (χ0v) is 37.8. The van der Waals surface area contributed by atoms with Crippen molar-refractivity contribution < 1.29 is 37.9 Å². The van der Waals surface area contributed by atoms with Gasteiger partial charge in [0.15, 0.2) is 6.10 Å². The predicted molar refractivity (Wildman–Crippen MR) is 209 cm³/mol. The summed E-state index contributed by atoms with van der Waals surface area (Å²) in [4.78, 5) is 42.7. The second-order valence-corrected chi connectivity index (χ2v) is 14.5. The van der Waals surface area contributed by atoms with Gasteiger partial charge in [-0.25, -0.2) is 4.57 Å². The van der Waals surface area contributed by atoms with Gasteiger partial charge < -0.3 is 19.3 Å². The van der Waals surface area contributed by atoms with Crippen LogP contribution >= 0.6 is 7.82 Å². The molecule has 8 nitrogen and oxygen atoms in total. The minimum absolute atomic E-state index is 0. The van der Waals surface area contributed by atoms with E-state index in [9.17, 15) is 14.2 Å². The maximum atomic E-state index is 12.4. The average Bonchev–Trinajstić information content (AvgIpc) is 3.05. The number of ether oxygens (including phenoxy) is 2. The topological polar surface area (TPSA) is 119 Å². The number of esters is 2. The van der Waals surface area contributed by atoms with Crippen LogP contribution in [0, 0.1) is 0 Å². The minimum Gasteiger partial charge on any atom is -0.462 e. The van der Waals surface area contributed by atoms with Gasteiger partial charge in [-0.3, -0.25) is 14.1 Å². The third kappa shape index (κ3) is 44.7. The summed E-state index contributed by atoms with van der Waals surface area (Å²) >= 11 is 0. The average molecular weight is 747 g/mol. The largest absolute Gasteiger partial charge is 0.469 e. The van der Waals surface area contributed by atoms with Crippen LogP contribution in [-0.2, 0) is 28.2 Å². The van der Waals surface area contributed by atoms with E-state index in [2.05, 4.69) is 42.7 Å². The fourth-order valence-corrected chi connectivity index (χ4v) is 5.84. The molecular weight excluding hydrogens is 673 g/mol. The Morgan fingerprint density at radius 1 is 0.520 bits per heavy atom. The summed E-state index contributed by atoms with van der Waals surface area (Å²) in [7, 11) is -4.75. The van der Waals surface area contributed by atoms with Crippen LogP contribution in [0.2, 0.25) is 0 Å². The molecule has 0 rings (SSSR count). The van der Waals surface area contributed by atoms with E-state index < -0.39 is 32.5 Å². The van der Waals surface area contributed by atoms with Crippen LogP contribution in [-0.4, -0.2) is 100 Å². The Morgan fingerprint density at radius 2 is 0.860 bits per heavy atom. The first-order valence-corrected chi connectivity index (χ1v) is 21.2. The quantitative estimate of drug-likeness (QED) is 0.0214. The molecule has 0 spiro atoms. The molecule has 0 fully saturated rings. The fourth-order valence-electron chi connectivity index (χ4n) is 5.48. The Kier molecular flexibility index (Phi) is 46.4. The molecule has 0 bridgehead atoms. The standard InChI is InChI=1S/C39H73O8P.2Na/c1-3-5-7-9-11-13-15-17-19-21-23-25-27-29-31-33-38(40)45-35-37(36-46-48(42,43)44)47-39(41)34-32-30-28-26-24-22-20-18-16-14-12-10-8-6-4-2;;/h17-20,37H,3-16,21-36H2,1-2H3,(H2,42,43,44);;/b19-17-,20-18-;;/t37-;;/m1../s1. The maximum Gasteiger partial charge on any atom is 0.469 e. The molecule has 1 atom stereocenters. The number of carbonyl (C=O) groups is 2. The first kappa shape index (κ1) is 54.9. The number of hydrogen-bond acceptors (Lipinski definition) is 6. The van der Waals surface area contributed by atoms with E-state index in [1.807, 2.05) is 0 Å². The van der Waals surface area contributed by atoms with Crippen LogP contribution in [0.3, 0.4) is 0 Å². The summed E-state index contributed by atoms with van der Waals surface area (Å²) in [5.74, 6) is -0.901. The molecule has 0 aromatic heterocycles. The number of unbranched alkanes of at least 4 members (excludes halogenated alkanes) is 22. The van der Waals surface area contributed by atoms with E-state index in [1.165, 1.54) is 89.9 Å². The second-order valence-electron chi connectivity index (χ2n) is 13.2. The van der Waals surface area contributed by atoms with Gasteiger partial charge in [0, 0.05) is 72.0 Å². The summed E-state index contributed by atoms with van der Waals surface area (Å²) in [5, 5.41) is 0. The number of carbonyl (C=O) groups excluding carboxylic acids is 2. The van der Waals surface area contributed by atoms with Crippen molar-refractivity contribution in [3.8, 4) is 0 Å². The normalized spacial score (nSPS) is 12.2. The molecule has 0 aliphatic carbocycles. The Bertz CT molecular complexity index is 850. The number of allylic oxidation sites excluding steroid dienone is 4. The summed E-state index contributed by atoms with van der Waals surface area (Å²) < 4.78 is 26.3.